The van der Waals surface area contributed by atoms with Crippen LogP contribution in [-0.4, -0.2) is 65.8 Å². The summed E-state index contributed by atoms with van der Waals surface area (Å²) in [6.45, 7) is 5.57. The number of hydrogen-bond acceptors (Lipinski definition) is 3. The Morgan fingerprint density at radius 2 is 1.83 bits per heavy atom. The Kier molecular flexibility index (Phi) is 8.17. The SMILES string of the molecule is CCCCN(CCO)C(=O)NC1CCN(C2CCCCC2)CC1. The second kappa shape index (κ2) is 10.1. The monoisotopic (exact) mass is 325 g/mol. The van der Waals surface area contributed by atoms with Crippen molar-refractivity contribution in [3.63, 3.8) is 0 Å². The third-order valence-electron chi connectivity index (χ3n) is 5.39. The molecule has 0 aromatic rings. The molecule has 0 bridgehead atoms. The molecule has 0 aromatic heterocycles. The van der Waals surface area contributed by atoms with Crippen molar-refractivity contribution in [2.45, 2.75) is 76.8 Å². The number of aliphatic hydroxyl groups is 1. The summed E-state index contributed by atoms with van der Waals surface area (Å²) >= 11 is 0. The van der Waals surface area contributed by atoms with Crippen LogP contribution in [0.4, 0.5) is 4.79 Å². The molecule has 2 amide bonds. The molecule has 2 N–H and O–H groups in total. The number of piperidine rings is 1. The highest BCUT2D eigenvalue weighted by atomic mass is 16.3. The lowest BCUT2D eigenvalue weighted by molar-refractivity contribution is 0.113. The number of amides is 2. The number of nitrogens with one attached hydrogen (secondary N) is 1. The van der Waals surface area contributed by atoms with Gasteiger partial charge in [0.05, 0.1) is 6.61 Å². The predicted molar refractivity (Wildman–Crippen MR) is 93.6 cm³/mol. The largest absolute Gasteiger partial charge is 0.395 e. The van der Waals surface area contributed by atoms with Crippen molar-refractivity contribution >= 4 is 6.03 Å². The molecule has 0 spiro atoms. The van der Waals surface area contributed by atoms with Gasteiger partial charge >= 0.3 is 6.03 Å². The zero-order valence-corrected chi connectivity index (χ0v) is 14.8. The molecule has 1 saturated carbocycles. The number of hydrogen-bond donors (Lipinski definition) is 2. The van der Waals surface area contributed by atoms with Crippen LogP contribution < -0.4 is 5.32 Å². The van der Waals surface area contributed by atoms with Crippen LogP contribution in [0.1, 0.15) is 64.7 Å². The smallest absolute Gasteiger partial charge is 0.317 e. The van der Waals surface area contributed by atoms with E-state index in [4.69, 9.17) is 5.11 Å². The molecule has 5 nitrogen and oxygen atoms in total. The highest BCUT2D eigenvalue weighted by Gasteiger charge is 2.27. The molecule has 2 aliphatic rings. The fraction of sp³-hybridized carbons (Fsp3) is 0.944. The van der Waals surface area contributed by atoms with E-state index in [-0.39, 0.29) is 12.6 Å². The second-order valence-corrected chi connectivity index (χ2v) is 7.12. The molecule has 23 heavy (non-hydrogen) atoms. The Hall–Kier alpha value is -0.810. The number of carbonyl (C=O) groups is 1. The maximum Gasteiger partial charge on any atom is 0.317 e. The van der Waals surface area contributed by atoms with E-state index in [1.54, 1.807) is 4.90 Å². The summed E-state index contributed by atoms with van der Waals surface area (Å²) in [6.07, 6.45) is 11.1. The molecule has 0 atom stereocenters. The van der Waals surface area contributed by atoms with Gasteiger partial charge in [0, 0.05) is 38.3 Å². The van der Waals surface area contributed by atoms with E-state index in [2.05, 4.69) is 17.1 Å². The van der Waals surface area contributed by atoms with Crippen molar-refractivity contribution in [1.29, 1.82) is 0 Å². The molecule has 1 aliphatic heterocycles. The molecule has 0 unspecified atom stereocenters. The number of urea groups is 1. The standard InChI is InChI=1S/C18H35N3O2/c1-2-3-11-21(14-15-22)18(23)19-16-9-12-20(13-10-16)17-7-5-4-6-8-17/h16-17,22H,2-15H2,1H3,(H,19,23). The van der Waals surface area contributed by atoms with Crippen LogP contribution in [0.25, 0.3) is 0 Å². The topological polar surface area (TPSA) is 55.8 Å². The van der Waals surface area contributed by atoms with Gasteiger partial charge in [-0.2, -0.15) is 0 Å². The van der Waals surface area contributed by atoms with Crippen molar-refractivity contribution < 1.29 is 9.90 Å². The molecule has 2 fully saturated rings. The number of rotatable bonds is 7. The maximum atomic E-state index is 12.4. The summed E-state index contributed by atoms with van der Waals surface area (Å²) in [5, 5.41) is 12.3. The minimum absolute atomic E-state index is 0.00335. The van der Waals surface area contributed by atoms with Crippen LogP contribution in [-0.2, 0) is 0 Å². The minimum atomic E-state index is 0.00335. The van der Waals surface area contributed by atoms with Gasteiger partial charge in [0.2, 0.25) is 0 Å². The number of unbranched alkanes of at least 4 members (excludes halogenated alkanes) is 1. The quantitative estimate of drug-likeness (QED) is 0.756. The van der Waals surface area contributed by atoms with Gasteiger partial charge in [-0.25, -0.2) is 4.79 Å². The van der Waals surface area contributed by atoms with E-state index in [1.807, 2.05) is 0 Å². The summed E-state index contributed by atoms with van der Waals surface area (Å²) in [7, 11) is 0. The lowest BCUT2D eigenvalue weighted by Gasteiger charge is -2.39. The van der Waals surface area contributed by atoms with Crippen LogP contribution in [0, 0.1) is 0 Å². The fourth-order valence-electron chi connectivity index (χ4n) is 3.91. The van der Waals surface area contributed by atoms with E-state index >= 15 is 0 Å². The van der Waals surface area contributed by atoms with E-state index in [1.165, 1.54) is 32.1 Å². The zero-order valence-electron chi connectivity index (χ0n) is 14.8. The maximum absolute atomic E-state index is 12.4. The predicted octanol–water partition coefficient (Wildman–Crippen LogP) is 2.59. The molecular weight excluding hydrogens is 290 g/mol. The Bertz CT molecular complexity index is 337. The summed E-state index contributed by atoms with van der Waals surface area (Å²) in [5.74, 6) is 0. The van der Waals surface area contributed by atoms with E-state index in [0.717, 1.165) is 51.4 Å². The van der Waals surface area contributed by atoms with Crippen molar-refractivity contribution in [3.8, 4) is 0 Å². The lowest BCUT2D eigenvalue weighted by atomic mass is 9.92. The van der Waals surface area contributed by atoms with Gasteiger partial charge in [-0.15, -0.1) is 0 Å². The Morgan fingerprint density at radius 3 is 2.43 bits per heavy atom. The number of aliphatic hydroxyl groups excluding tert-OH is 1. The first-order chi connectivity index (χ1) is 11.2. The zero-order chi connectivity index (χ0) is 16.5. The fourth-order valence-corrected chi connectivity index (χ4v) is 3.91. The van der Waals surface area contributed by atoms with E-state index in [9.17, 15) is 4.79 Å². The highest BCUT2D eigenvalue weighted by Crippen LogP contribution is 2.25. The second-order valence-electron chi connectivity index (χ2n) is 7.12. The molecule has 5 heteroatoms. The Balaban J connectivity index is 1.72. The van der Waals surface area contributed by atoms with Crippen LogP contribution in [0.15, 0.2) is 0 Å². The first-order valence-electron chi connectivity index (χ1n) is 9.65. The molecular formula is C18H35N3O2. The van der Waals surface area contributed by atoms with Crippen molar-refractivity contribution in [2.75, 3.05) is 32.8 Å². The lowest BCUT2D eigenvalue weighted by Crippen LogP contribution is -2.51. The van der Waals surface area contributed by atoms with Crippen LogP contribution in [0.5, 0.6) is 0 Å². The van der Waals surface area contributed by atoms with Crippen LogP contribution in [0.2, 0.25) is 0 Å². The van der Waals surface area contributed by atoms with Crippen LogP contribution in [0.3, 0.4) is 0 Å². The van der Waals surface area contributed by atoms with Crippen molar-refractivity contribution in [2.24, 2.45) is 0 Å². The molecule has 1 heterocycles. The number of nitrogens with zero attached hydrogens (tertiary/aromatic N) is 2. The third-order valence-corrected chi connectivity index (χ3v) is 5.39. The first kappa shape index (κ1) is 18.5. The summed E-state index contributed by atoms with van der Waals surface area (Å²) in [5.41, 5.74) is 0. The van der Waals surface area contributed by atoms with Gasteiger partial charge in [-0.05, 0) is 32.1 Å². The molecule has 1 saturated heterocycles. The summed E-state index contributed by atoms with van der Waals surface area (Å²) in [6, 6.07) is 1.09. The molecule has 0 aromatic carbocycles. The third kappa shape index (κ3) is 5.96. The van der Waals surface area contributed by atoms with Crippen molar-refractivity contribution in [1.82, 2.24) is 15.1 Å². The Labute approximate surface area is 141 Å². The van der Waals surface area contributed by atoms with Gasteiger partial charge < -0.3 is 20.2 Å². The van der Waals surface area contributed by atoms with Crippen LogP contribution >= 0.6 is 0 Å². The first-order valence-corrected chi connectivity index (χ1v) is 9.65. The van der Waals surface area contributed by atoms with Gasteiger partial charge in [0.15, 0.2) is 0 Å². The summed E-state index contributed by atoms with van der Waals surface area (Å²) < 4.78 is 0. The molecule has 2 rings (SSSR count). The number of carbonyl (C=O) groups excluding carboxylic acids is 1. The minimum Gasteiger partial charge on any atom is -0.395 e. The highest BCUT2D eigenvalue weighted by molar-refractivity contribution is 5.74. The van der Waals surface area contributed by atoms with Gasteiger partial charge in [-0.1, -0.05) is 32.6 Å². The normalized spacial score (nSPS) is 21.3. The van der Waals surface area contributed by atoms with Crippen molar-refractivity contribution in [3.05, 3.63) is 0 Å². The molecule has 1 aliphatic carbocycles. The number of likely N-dealkylation sites (tertiary alicyclic amines) is 1. The summed E-state index contributed by atoms with van der Waals surface area (Å²) in [4.78, 5) is 16.8. The van der Waals surface area contributed by atoms with Gasteiger partial charge in [-0.3, -0.25) is 0 Å². The van der Waals surface area contributed by atoms with E-state index < -0.39 is 0 Å². The average molecular weight is 325 g/mol. The molecule has 134 valence electrons. The Morgan fingerprint density at radius 1 is 1.13 bits per heavy atom. The van der Waals surface area contributed by atoms with E-state index in [0.29, 0.717) is 12.6 Å². The molecule has 0 radical (unpaired) electrons. The van der Waals surface area contributed by atoms with Gasteiger partial charge in [0.1, 0.15) is 0 Å². The average Bonchev–Trinajstić information content (AvgIpc) is 2.60. The van der Waals surface area contributed by atoms with Gasteiger partial charge in [0.25, 0.3) is 0 Å².